The molecule has 5 rings (SSSR count). The number of likely N-dealkylation sites (tertiary alicyclic amines) is 1. The van der Waals surface area contributed by atoms with E-state index in [9.17, 15) is 14.4 Å². The van der Waals surface area contributed by atoms with Crippen LogP contribution in [0.25, 0.3) is 0 Å². The van der Waals surface area contributed by atoms with Crippen LogP contribution in [0.2, 0.25) is 0 Å². The Labute approximate surface area is 224 Å². The maximum atomic E-state index is 13.6. The van der Waals surface area contributed by atoms with Gasteiger partial charge in [-0.1, -0.05) is 6.92 Å². The number of nitrogens with one attached hydrogen (secondary N) is 2. The summed E-state index contributed by atoms with van der Waals surface area (Å²) in [5, 5.41) is 6.12. The molecule has 2 aliphatic carbocycles. The van der Waals surface area contributed by atoms with Crippen LogP contribution in [0.15, 0.2) is 11.6 Å². The average molecular weight is 537 g/mol. The Kier molecular flexibility index (Phi) is 8.43. The number of hydrogen-bond acceptors (Lipinski definition) is 6. The van der Waals surface area contributed by atoms with Gasteiger partial charge in [0.05, 0.1) is 30.6 Å². The van der Waals surface area contributed by atoms with Crippen molar-refractivity contribution in [2.45, 2.75) is 75.1 Å². The van der Waals surface area contributed by atoms with E-state index in [4.69, 9.17) is 21.1 Å². The van der Waals surface area contributed by atoms with Crippen LogP contribution < -0.4 is 10.6 Å². The minimum absolute atomic E-state index is 0.0459. The van der Waals surface area contributed by atoms with Gasteiger partial charge in [-0.15, -0.1) is 11.6 Å². The molecule has 0 bridgehead atoms. The van der Waals surface area contributed by atoms with Gasteiger partial charge in [0.15, 0.2) is 0 Å². The van der Waals surface area contributed by atoms with Crippen molar-refractivity contribution in [1.29, 1.82) is 0 Å². The monoisotopic (exact) mass is 536 g/mol. The molecule has 2 N–H and O–H groups in total. The van der Waals surface area contributed by atoms with Gasteiger partial charge in [-0.2, -0.15) is 0 Å². The zero-order chi connectivity index (χ0) is 26.1. The summed E-state index contributed by atoms with van der Waals surface area (Å²) >= 11 is 6.94. The zero-order valence-corrected chi connectivity index (χ0v) is 22.8. The number of methoxy groups -OCH3 is 1. The molecule has 9 nitrogen and oxygen atoms in total. The summed E-state index contributed by atoms with van der Waals surface area (Å²) in [6.45, 7) is 6.05. The number of carbonyl (C=O) groups excluding carboxylic acids is 3. The molecule has 0 aromatic heterocycles. The Morgan fingerprint density at radius 1 is 1.16 bits per heavy atom. The molecule has 0 spiro atoms. The van der Waals surface area contributed by atoms with Crippen LogP contribution in [0.5, 0.6) is 0 Å². The average Bonchev–Trinajstić information content (AvgIpc) is 3.34. The highest BCUT2D eigenvalue weighted by Gasteiger charge is 2.47. The topological polar surface area (TPSA) is 100 Å². The molecule has 0 radical (unpaired) electrons. The van der Waals surface area contributed by atoms with Crippen LogP contribution in [0, 0.1) is 17.8 Å². The van der Waals surface area contributed by atoms with Crippen molar-refractivity contribution in [3.05, 3.63) is 11.6 Å². The van der Waals surface area contributed by atoms with Gasteiger partial charge in [0.1, 0.15) is 0 Å². The van der Waals surface area contributed by atoms with Gasteiger partial charge in [-0.25, -0.2) is 0 Å². The third-order valence-corrected chi connectivity index (χ3v) is 9.50. The van der Waals surface area contributed by atoms with Crippen LogP contribution >= 0.6 is 11.6 Å². The van der Waals surface area contributed by atoms with E-state index in [0.717, 1.165) is 45.1 Å². The van der Waals surface area contributed by atoms with Gasteiger partial charge in [0.25, 0.3) is 0 Å². The summed E-state index contributed by atoms with van der Waals surface area (Å²) in [6, 6.07) is -0.163. The van der Waals surface area contributed by atoms with E-state index in [2.05, 4.69) is 22.5 Å². The molecular weight excluding hydrogens is 496 g/mol. The number of fused-ring (bicyclic) bond motifs is 1. The maximum Gasteiger partial charge on any atom is 0.248 e. The molecule has 37 heavy (non-hydrogen) atoms. The van der Waals surface area contributed by atoms with Crippen molar-refractivity contribution in [2.24, 2.45) is 17.8 Å². The molecule has 0 aromatic rings. The number of halogens is 1. The molecule has 10 heteroatoms. The minimum Gasteiger partial charge on any atom is -0.381 e. The Hall–Kier alpha value is -1.68. The van der Waals surface area contributed by atoms with Crippen LogP contribution in [-0.4, -0.2) is 104 Å². The van der Waals surface area contributed by atoms with E-state index in [1.807, 2.05) is 4.90 Å². The molecule has 2 saturated heterocycles. The first kappa shape index (κ1) is 26.9. The van der Waals surface area contributed by atoms with Gasteiger partial charge in [-0.05, 0) is 44.4 Å². The summed E-state index contributed by atoms with van der Waals surface area (Å²) in [5.74, 6) is -0.0764. The number of nitrogens with zero attached hydrogens (tertiary/aromatic N) is 2. The second-order valence-electron chi connectivity index (χ2n) is 11.5. The molecule has 2 saturated carbocycles. The molecule has 8 atom stereocenters. The summed E-state index contributed by atoms with van der Waals surface area (Å²) in [6.07, 6.45) is 6.59. The van der Waals surface area contributed by atoms with E-state index < -0.39 is 0 Å². The smallest absolute Gasteiger partial charge is 0.248 e. The molecule has 4 fully saturated rings. The molecular formula is C27H41ClN4O5. The first-order valence-corrected chi connectivity index (χ1v) is 14.4. The van der Waals surface area contributed by atoms with Gasteiger partial charge in [0.2, 0.25) is 17.7 Å². The zero-order valence-electron chi connectivity index (χ0n) is 22.0. The molecule has 7 unspecified atom stereocenters. The minimum atomic E-state index is -0.207. The van der Waals surface area contributed by atoms with E-state index in [0.29, 0.717) is 44.3 Å². The molecule has 3 aliphatic heterocycles. The Balaban J connectivity index is 1.26. The predicted octanol–water partition coefficient (Wildman–Crippen LogP) is 1.30. The number of hydrogen-bond donors (Lipinski definition) is 2. The van der Waals surface area contributed by atoms with Crippen LogP contribution in [-0.2, 0) is 23.9 Å². The van der Waals surface area contributed by atoms with E-state index in [-0.39, 0.29) is 59.2 Å². The number of ether oxygens (including phenoxy) is 2. The van der Waals surface area contributed by atoms with Crippen molar-refractivity contribution in [3.63, 3.8) is 0 Å². The van der Waals surface area contributed by atoms with Crippen molar-refractivity contribution in [3.8, 4) is 0 Å². The fraction of sp³-hybridized carbons (Fsp3) is 0.815. The van der Waals surface area contributed by atoms with Gasteiger partial charge >= 0.3 is 0 Å². The highest BCUT2D eigenvalue weighted by Crippen LogP contribution is 2.39. The number of morpholine rings is 1. The molecule has 5 aliphatic rings. The molecule has 3 amide bonds. The first-order valence-electron chi connectivity index (χ1n) is 14.0. The predicted molar refractivity (Wildman–Crippen MR) is 139 cm³/mol. The third kappa shape index (κ3) is 5.70. The van der Waals surface area contributed by atoms with Crippen molar-refractivity contribution >= 4 is 29.3 Å². The van der Waals surface area contributed by atoms with Crippen LogP contribution in [0.4, 0.5) is 0 Å². The fourth-order valence-corrected chi connectivity index (χ4v) is 7.96. The second kappa shape index (κ2) is 11.6. The Morgan fingerprint density at radius 3 is 2.70 bits per heavy atom. The summed E-state index contributed by atoms with van der Waals surface area (Å²) < 4.78 is 11.2. The lowest BCUT2D eigenvalue weighted by molar-refractivity contribution is -0.144. The highest BCUT2D eigenvalue weighted by atomic mass is 35.5. The van der Waals surface area contributed by atoms with Crippen LogP contribution in [0.3, 0.4) is 0 Å². The van der Waals surface area contributed by atoms with E-state index in [1.165, 1.54) is 6.08 Å². The largest absolute Gasteiger partial charge is 0.381 e. The lowest BCUT2D eigenvalue weighted by atomic mass is 9.75. The highest BCUT2D eigenvalue weighted by molar-refractivity contribution is 6.21. The molecule has 0 aromatic carbocycles. The third-order valence-electron chi connectivity index (χ3n) is 9.06. The fourth-order valence-electron chi connectivity index (χ4n) is 7.32. The lowest BCUT2D eigenvalue weighted by Gasteiger charge is -2.44. The quantitative estimate of drug-likeness (QED) is 0.514. The Bertz CT molecular complexity index is 909. The lowest BCUT2D eigenvalue weighted by Crippen LogP contribution is -2.56. The van der Waals surface area contributed by atoms with Gasteiger partial charge in [-0.3, -0.25) is 19.3 Å². The molecule has 3 heterocycles. The number of carbonyl (C=O) groups is 3. The molecule has 206 valence electrons. The summed E-state index contributed by atoms with van der Waals surface area (Å²) in [4.78, 5) is 43.6. The van der Waals surface area contributed by atoms with Crippen molar-refractivity contribution < 1.29 is 23.9 Å². The van der Waals surface area contributed by atoms with Crippen LogP contribution in [0.1, 0.15) is 45.4 Å². The van der Waals surface area contributed by atoms with Crippen molar-refractivity contribution in [2.75, 3.05) is 46.5 Å². The Morgan fingerprint density at radius 2 is 1.95 bits per heavy atom. The SMILES string of the molecule is COC1CCCC2NC(=O)C=C(C(=O)N[C@@H]3CCN(C4C(Cl)CC(C)CC4C(=O)N4CCOCC4)C3)C21. The number of rotatable bonds is 5. The normalized spacial score (nSPS) is 38.9. The van der Waals surface area contributed by atoms with Gasteiger partial charge < -0.3 is 25.0 Å². The number of amides is 3. The van der Waals surface area contributed by atoms with E-state index >= 15 is 0 Å². The second-order valence-corrected chi connectivity index (χ2v) is 12.1. The maximum absolute atomic E-state index is 13.6. The van der Waals surface area contributed by atoms with Crippen molar-refractivity contribution in [1.82, 2.24) is 20.4 Å². The standard InChI is InChI=1S/C27H41ClN4O5/c1-16-12-19(27(35)31-8-10-37-11-9-31)25(20(28)13-16)32-7-6-17(15-32)29-26(34)18-14-23(33)30-21-4-3-5-22(36-2)24(18)21/h14,16-17,19-22,24-25H,3-13,15H2,1-2H3,(H,29,34)(H,30,33)/t16?,17-,19?,20?,21?,22?,24?,25?/m1/s1. The summed E-state index contributed by atoms with van der Waals surface area (Å²) in [7, 11) is 1.68. The van der Waals surface area contributed by atoms with E-state index in [1.54, 1.807) is 7.11 Å². The first-order chi connectivity index (χ1) is 17.9. The van der Waals surface area contributed by atoms with Gasteiger partial charge in [0, 0.05) is 69.0 Å². The summed E-state index contributed by atoms with van der Waals surface area (Å²) in [5.41, 5.74) is 0.529. The number of alkyl halides is 1.